The summed E-state index contributed by atoms with van der Waals surface area (Å²) in [6.45, 7) is 1.04. The van der Waals surface area contributed by atoms with Crippen molar-refractivity contribution in [3.05, 3.63) is 41.1 Å². The maximum atomic E-state index is 13.9. The Labute approximate surface area is 224 Å². The average molecular weight is 570 g/mol. The van der Waals surface area contributed by atoms with E-state index in [0.717, 1.165) is 0 Å². The molecule has 2 atom stereocenters. The number of carbonyl (C=O) groups excluding carboxylic acids is 2. The van der Waals surface area contributed by atoms with Gasteiger partial charge in [0.05, 0.1) is 30.2 Å². The number of aryl methyl sites for hydroxylation is 1. The number of amides is 2. The maximum Gasteiger partial charge on any atom is 0.276 e. The molecule has 0 bridgehead atoms. The summed E-state index contributed by atoms with van der Waals surface area (Å²) < 4.78 is 64.6. The van der Waals surface area contributed by atoms with Crippen LogP contribution >= 0.6 is 0 Å². The summed E-state index contributed by atoms with van der Waals surface area (Å²) in [6, 6.07) is 0.694. The largest absolute Gasteiger partial charge is 0.369 e. The van der Waals surface area contributed by atoms with Crippen LogP contribution in [0.1, 0.15) is 78.2 Å². The quantitative estimate of drug-likeness (QED) is 0.260. The Bertz CT molecular complexity index is 1380. The Kier molecular flexibility index (Phi) is 7.48. The molecule has 3 aromatic rings. The Morgan fingerprint density at radius 1 is 1.18 bits per heavy atom. The smallest absolute Gasteiger partial charge is 0.276 e. The standard InChI is InChI=1S/C24H27F4N7O5/c1-12-19(34-40-33-12)22(38)32-20(13-2-4-23(25,26)5-3-13)16-10-35-17(30-16)6-14(9-29-35)21(37)31-18(36)11-39-15-7-24(27,28)8-15/h6,9-10,13,15,20-21,37H,2-5,7-8,11H2,1H3,(H,31,36)(H,32,38)/t20-,21+/m0/s1. The monoisotopic (exact) mass is 569 g/mol. The summed E-state index contributed by atoms with van der Waals surface area (Å²) in [7, 11) is 0. The molecule has 16 heteroatoms. The van der Waals surface area contributed by atoms with Gasteiger partial charge in [0, 0.05) is 31.2 Å². The number of fused-ring (bicyclic) bond motifs is 1. The van der Waals surface area contributed by atoms with Gasteiger partial charge in [0.25, 0.3) is 11.8 Å². The number of aliphatic hydroxyl groups is 1. The highest BCUT2D eigenvalue weighted by Gasteiger charge is 2.46. The molecule has 0 unspecified atom stereocenters. The molecule has 2 aliphatic carbocycles. The number of hydrogen-bond donors (Lipinski definition) is 3. The molecule has 0 spiro atoms. The van der Waals surface area contributed by atoms with Gasteiger partial charge in [0.2, 0.25) is 11.8 Å². The fourth-order valence-electron chi connectivity index (χ4n) is 4.88. The first-order chi connectivity index (χ1) is 18.9. The van der Waals surface area contributed by atoms with Crippen LogP contribution < -0.4 is 10.6 Å². The molecule has 2 saturated carbocycles. The Hall–Kier alpha value is -3.66. The molecule has 3 aromatic heterocycles. The Morgan fingerprint density at radius 2 is 1.90 bits per heavy atom. The molecule has 2 aliphatic rings. The highest BCUT2D eigenvalue weighted by Crippen LogP contribution is 2.41. The number of hydrogen-bond acceptors (Lipinski definition) is 9. The predicted octanol–water partition coefficient (Wildman–Crippen LogP) is 2.64. The summed E-state index contributed by atoms with van der Waals surface area (Å²) >= 11 is 0. The van der Waals surface area contributed by atoms with Crippen LogP contribution in [-0.4, -0.2) is 66.4 Å². The minimum Gasteiger partial charge on any atom is -0.369 e. The third-order valence-electron chi connectivity index (χ3n) is 7.18. The summed E-state index contributed by atoms with van der Waals surface area (Å²) in [5.74, 6) is -7.21. The molecule has 2 amide bonds. The van der Waals surface area contributed by atoms with E-state index in [9.17, 15) is 32.3 Å². The number of carbonyl (C=O) groups is 2. The van der Waals surface area contributed by atoms with E-state index < -0.39 is 61.5 Å². The lowest BCUT2D eigenvalue weighted by Crippen LogP contribution is -2.43. The van der Waals surface area contributed by atoms with E-state index in [0.29, 0.717) is 5.69 Å². The number of aromatic nitrogens is 5. The zero-order valence-electron chi connectivity index (χ0n) is 21.3. The third-order valence-corrected chi connectivity index (χ3v) is 7.18. The molecule has 0 aromatic carbocycles. The highest BCUT2D eigenvalue weighted by atomic mass is 19.3. The Morgan fingerprint density at radius 3 is 2.55 bits per heavy atom. The number of ether oxygens (including phenoxy) is 1. The first kappa shape index (κ1) is 27.9. The average Bonchev–Trinajstić information content (AvgIpc) is 3.50. The van der Waals surface area contributed by atoms with Crippen LogP contribution in [0, 0.1) is 12.8 Å². The number of aliphatic hydroxyl groups excluding tert-OH is 1. The van der Waals surface area contributed by atoms with E-state index in [1.165, 1.54) is 23.0 Å². The fraction of sp³-hybridized carbons (Fsp3) is 0.583. The van der Waals surface area contributed by atoms with Crippen LogP contribution in [0.15, 0.2) is 23.1 Å². The second kappa shape index (κ2) is 10.7. The Balaban J connectivity index is 1.30. The van der Waals surface area contributed by atoms with Crippen molar-refractivity contribution >= 4 is 17.5 Å². The summed E-state index contributed by atoms with van der Waals surface area (Å²) in [6.07, 6.45) is -0.655. The van der Waals surface area contributed by atoms with E-state index in [1.54, 1.807) is 6.92 Å². The van der Waals surface area contributed by atoms with Gasteiger partial charge >= 0.3 is 0 Å². The summed E-state index contributed by atoms with van der Waals surface area (Å²) in [4.78, 5) is 29.5. The molecule has 2 fully saturated rings. The predicted molar refractivity (Wildman–Crippen MR) is 126 cm³/mol. The summed E-state index contributed by atoms with van der Waals surface area (Å²) in [5.41, 5.74) is 1.01. The minimum atomic E-state index is -2.78. The van der Waals surface area contributed by atoms with E-state index in [2.05, 4.69) is 35.7 Å². The number of rotatable bonds is 9. The van der Waals surface area contributed by atoms with Crippen molar-refractivity contribution in [1.82, 2.24) is 35.5 Å². The van der Waals surface area contributed by atoms with Gasteiger partial charge < -0.3 is 20.5 Å². The van der Waals surface area contributed by atoms with Crippen LogP contribution in [-0.2, 0) is 9.53 Å². The lowest BCUT2D eigenvalue weighted by atomic mass is 9.81. The van der Waals surface area contributed by atoms with Crippen molar-refractivity contribution in [3.8, 4) is 0 Å². The van der Waals surface area contributed by atoms with E-state index in [-0.39, 0.29) is 54.2 Å². The van der Waals surface area contributed by atoms with Crippen LogP contribution in [0.4, 0.5) is 17.6 Å². The van der Waals surface area contributed by atoms with Gasteiger partial charge in [0.15, 0.2) is 17.6 Å². The van der Waals surface area contributed by atoms with E-state index >= 15 is 0 Å². The molecule has 0 aliphatic heterocycles. The molecule has 3 N–H and O–H groups in total. The van der Waals surface area contributed by atoms with Crippen molar-refractivity contribution < 1.29 is 41.6 Å². The number of imidazole rings is 1. The molecular weight excluding hydrogens is 542 g/mol. The topological polar surface area (TPSA) is 157 Å². The van der Waals surface area contributed by atoms with Crippen LogP contribution in [0.5, 0.6) is 0 Å². The van der Waals surface area contributed by atoms with Gasteiger partial charge in [-0.3, -0.25) is 9.59 Å². The lowest BCUT2D eigenvalue weighted by Gasteiger charge is -2.34. The maximum absolute atomic E-state index is 13.9. The lowest BCUT2D eigenvalue weighted by molar-refractivity contribution is -0.171. The van der Waals surface area contributed by atoms with Gasteiger partial charge in [-0.25, -0.2) is 31.7 Å². The van der Waals surface area contributed by atoms with Crippen LogP contribution in [0.2, 0.25) is 0 Å². The van der Waals surface area contributed by atoms with Crippen molar-refractivity contribution in [2.24, 2.45) is 5.92 Å². The molecule has 0 radical (unpaired) electrons. The first-order valence-electron chi connectivity index (χ1n) is 12.7. The molecule has 216 valence electrons. The molecule has 5 rings (SSSR count). The second-order valence-corrected chi connectivity index (χ2v) is 10.3. The minimum absolute atomic E-state index is 0.0378. The number of halogens is 4. The van der Waals surface area contributed by atoms with Gasteiger partial charge in [-0.2, -0.15) is 5.10 Å². The number of alkyl halides is 4. The van der Waals surface area contributed by atoms with Crippen molar-refractivity contribution in [1.29, 1.82) is 0 Å². The van der Waals surface area contributed by atoms with Crippen molar-refractivity contribution in [3.63, 3.8) is 0 Å². The SMILES string of the molecule is Cc1nonc1C(=O)N[C@H](c1cn2ncc([C@@H](O)NC(=O)COC3CC(F)(F)C3)cc2n1)C1CCC(F)(F)CC1. The first-order valence-corrected chi connectivity index (χ1v) is 12.7. The zero-order valence-corrected chi connectivity index (χ0v) is 21.3. The van der Waals surface area contributed by atoms with Crippen molar-refractivity contribution in [2.45, 2.75) is 75.7 Å². The molecule has 0 saturated heterocycles. The fourth-order valence-corrected chi connectivity index (χ4v) is 4.88. The van der Waals surface area contributed by atoms with Gasteiger partial charge in [-0.05, 0) is 36.9 Å². The van der Waals surface area contributed by atoms with E-state index in [4.69, 9.17) is 4.74 Å². The second-order valence-electron chi connectivity index (χ2n) is 10.3. The van der Waals surface area contributed by atoms with Gasteiger partial charge in [-0.1, -0.05) is 5.16 Å². The van der Waals surface area contributed by atoms with Crippen molar-refractivity contribution in [2.75, 3.05) is 6.61 Å². The number of nitrogens with zero attached hydrogens (tertiary/aromatic N) is 5. The van der Waals surface area contributed by atoms with E-state index in [1.807, 2.05) is 0 Å². The van der Waals surface area contributed by atoms with Gasteiger partial charge in [0.1, 0.15) is 12.3 Å². The highest BCUT2D eigenvalue weighted by molar-refractivity contribution is 5.93. The summed E-state index contributed by atoms with van der Waals surface area (Å²) in [5, 5.41) is 27.0. The third kappa shape index (κ3) is 6.22. The normalized spacial score (nSPS) is 20.6. The van der Waals surface area contributed by atoms with Gasteiger partial charge in [-0.15, -0.1) is 0 Å². The zero-order chi connectivity index (χ0) is 28.7. The molecular formula is C24H27F4N7O5. The number of nitrogens with one attached hydrogen (secondary N) is 2. The molecule has 3 heterocycles. The molecule has 40 heavy (non-hydrogen) atoms. The van der Waals surface area contributed by atoms with Crippen LogP contribution in [0.25, 0.3) is 5.65 Å². The molecule has 12 nitrogen and oxygen atoms in total. The van der Waals surface area contributed by atoms with Crippen LogP contribution in [0.3, 0.4) is 0 Å².